The summed E-state index contributed by atoms with van der Waals surface area (Å²) in [5, 5.41) is 9.17. The number of hydrogen-bond donors (Lipinski definition) is 1. The third kappa shape index (κ3) is 4.65. The molecule has 1 amide bonds. The summed E-state index contributed by atoms with van der Waals surface area (Å²) in [5.41, 5.74) is 1.26. The number of benzene rings is 1. The van der Waals surface area contributed by atoms with E-state index in [-0.39, 0.29) is 17.7 Å². The zero-order valence-electron chi connectivity index (χ0n) is 15.6. The van der Waals surface area contributed by atoms with Gasteiger partial charge in [-0.3, -0.25) is 0 Å². The summed E-state index contributed by atoms with van der Waals surface area (Å²) in [7, 11) is 0. The third-order valence-corrected chi connectivity index (χ3v) is 4.40. The van der Waals surface area contributed by atoms with Gasteiger partial charge in [-0.15, -0.1) is 0 Å². The molecule has 138 valence electrons. The second-order valence-corrected chi connectivity index (χ2v) is 7.45. The predicted octanol–water partition coefficient (Wildman–Crippen LogP) is 3.78. The van der Waals surface area contributed by atoms with Crippen LogP contribution in [0.25, 0.3) is 0 Å². The Balaban J connectivity index is 2.04. The lowest BCUT2D eigenvalue weighted by molar-refractivity contribution is 0.0187. The summed E-state index contributed by atoms with van der Waals surface area (Å²) in [6.45, 7) is 10.2. The molecule has 1 heterocycles. The van der Waals surface area contributed by atoms with Crippen molar-refractivity contribution in [1.29, 1.82) is 0 Å². The van der Waals surface area contributed by atoms with Crippen LogP contribution in [0.4, 0.5) is 4.79 Å². The highest BCUT2D eigenvalue weighted by Gasteiger charge is 2.32. The molecule has 0 bridgehead atoms. The summed E-state index contributed by atoms with van der Waals surface area (Å²) in [6.07, 6.45) is 1.47. The average Bonchev–Trinajstić information content (AvgIpc) is 2.95. The van der Waals surface area contributed by atoms with Crippen LogP contribution < -0.4 is 4.74 Å². The second-order valence-electron chi connectivity index (χ2n) is 7.45. The summed E-state index contributed by atoms with van der Waals surface area (Å²) in [4.78, 5) is 25.2. The monoisotopic (exact) mass is 349 g/mol. The van der Waals surface area contributed by atoms with Gasteiger partial charge in [-0.1, -0.05) is 0 Å². The Hall–Kier alpha value is -2.24. The van der Waals surface area contributed by atoms with E-state index in [2.05, 4.69) is 0 Å². The van der Waals surface area contributed by atoms with Crippen molar-refractivity contribution in [2.24, 2.45) is 0 Å². The Morgan fingerprint density at radius 3 is 2.52 bits per heavy atom. The number of carbonyl (C=O) groups is 2. The van der Waals surface area contributed by atoms with Crippen molar-refractivity contribution in [1.82, 2.24) is 4.90 Å². The van der Waals surface area contributed by atoms with Crippen LogP contribution >= 0.6 is 0 Å². The average molecular weight is 349 g/mol. The summed E-state index contributed by atoms with van der Waals surface area (Å²) in [5.74, 6) is -0.294. The zero-order valence-corrected chi connectivity index (χ0v) is 15.6. The quantitative estimate of drug-likeness (QED) is 0.895. The number of likely N-dealkylation sites (tertiary alicyclic amines) is 1. The summed E-state index contributed by atoms with van der Waals surface area (Å²) >= 11 is 0. The maximum atomic E-state index is 12.3. The van der Waals surface area contributed by atoms with Crippen molar-refractivity contribution in [3.8, 4) is 5.75 Å². The maximum Gasteiger partial charge on any atom is 0.410 e. The van der Waals surface area contributed by atoms with E-state index < -0.39 is 11.6 Å². The molecule has 25 heavy (non-hydrogen) atoms. The lowest BCUT2D eigenvalue weighted by atomic mass is 10.0. The number of rotatable bonds is 4. The Morgan fingerprint density at radius 1 is 1.24 bits per heavy atom. The molecule has 0 saturated carbocycles. The van der Waals surface area contributed by atoms with E-state index in [4.69, 9.17) is 9.47 Å². The van der Waals surface area contributed by atoms with Gasteiger partial charge < -0.3 is 19.5 Å². The topological polar surface area (TPSA) is 76.1 Å². The zero-order chi connectivity index (χ0) is 18.8. The molecule has 1 aliphatic heterocycles. The molecule has 6 heteroatoms. The number of carbonyl (C=O) groups excluding carboxylic acids is 1. The van der Waals surface area contributed by atoms with E-state index >= 15 is 0 Å². The minimum Gasteiger partial charge on any atom is -0.491 e. The Bertz CT molecular complexity index is 663. The molecule has 0 aliphatic carbocycles. The number of ether oxygens (including phenoxy) is 2. The van der Waals surface area contributed by atoms with Crippen LogP contribution in [-0.4, -0.2) is 46.9 Å². The highest BCUT2D eigenvalue weighted by Crippen LogP contribution is 2.26. The first-order chi connectivity index (χ1) is 11.6. The molecule has 1 saturated heterocycles. The van der Waals surface area contributed by atoms with Crippen molar-refractivity contribution < 1.29 is 24.2 Å². The van der Waals surface area contributed by atoms with Gasteiger partial charge in [-0.05, 0) is 70.7 Å². The molecule has 6 nitrogen and oxygen atoms in total. The van der Waals surface area contributed by atoms with E-state index in [1.807, 2.05) is 27.7 Å². The molecule has 1 aliphatic rings. The minimum absolute atomic E-state index is 0.0336. The minimum atomic E-state index is -0.945. The molecule has 0 radical (unpaired) electrons. The van der Waals surface area contributed by atoms with Crippen molar-refractivity contribution in [3.63, 3.8) is 0 Å². The standard InChI is InChI=1S/C19H27NO5/c1-12-13(2)16(9-8-15(12)17(21)22)24-11-14-7-6-10-20(14)18(23)25-19(3,4)5/h8-9,14H,6-7,10-11H2,1-5H3,(H,21,22). The Morgan fingerprint density at radius 2 is 1.92 bits per heavy atom. The fourth-order valence-electron chi connectivity index (χ4n) is 2.94. The van der Waals surface area contributed by atoms with Gasteiger partial charge in [0.1, 0.15) is 18.0 Å². The number of carboxylic acid groups (broad SMARTS) is 1. The Labute approximate surface area is 148 Å². The lowest BCUT2D eigenvalue weighted by Crippen LogP contribution is -2.42. The van der Waals surface area contributed by atoms with Gasteiger partial charge in [-0.2, -0.15) is 0 Å². The SMILES string of the molecule is Cc1c(OCC2CCCN2C(=O)OC(C)(C)C)ccc(C(=O)O)c1C. The van der Waals surface area contributed by atoms with E-state index in [9.17, 15) is 14.7 Å². The van der Waals surface area contributed by atoms with Gasteiger partial charge in [0.05, 0.1) is 11.6 Å². The van der Waals surface area contributed by atoms with Crippen molar-refractivity contribution in [3.05, 3.63) is 28.8 Å². The second kappa shape index (κ2) is 7.33. The smallest absolute Gasteiger partial charge is 0.410 e. The normalized spacial score (nSPS) is 17.5. The van der Waals surface area contributed by atoms with E-state index in [0.717, 1.165) is 18.4 Å². The summed E-state index contributed by atoms with van der Waals surface area (Å²) < 4.78 is 11.4. The number of nitrogens with zero attached hydrogens (tertiary/aromatic N) is 1. The van der Waals surface area contributed by atoms with Gasteiger partial charge in [0.2, 0.25) is 0 Å². The first kappa shape index (κ1) is 19.1. The fourth-order valence-corrected chi connectivity index (χ4v) is 2.94. The molecule has 1 fully saturated rings. The van der Waals surface area contributed by atoms with Crippen molar-refractivity contribution >= 4 is 12.1 Å². The Kier molecular flexibility index (Phi) is 5.60. The molecule has 1 aromatic rings. The van der Waals surface area contributed by atoms with Crippen LogP contribution in [0.5, 0.6) is 5.75 Å². The first-order valence-corrected chi connectivity index (χ1v) is 8.56. The fraction of sp³-hybridized carbons (Fsp3) is 0.579. The van der Waals surface area contributed by atoms with Gasteiger partial charge in [0.15, 0.2) is 0 Å². The number of carboxylic acids is 1. The van der Waals surface area contributed by atoms with Crippen LogP contribution in [0.1, 0.15) is 55.1 Å². The van der Waals surface area contributed by atoms with Gasteiger partial charge in [0.25, 0.3) is 0 Å². The van der Waals surface area contributed by atoms with Crippen LogP contribution in [0.15, 0.2) is 12.1 Å². The molecule has 2 rings (SSSR count). The number of amides is 1. The first-order valence-electron chi connectivity index (χ1n) is 8.56. The molecule has 1 aromatic carbocycles. The van der Waals surface area contributed by atoms with Crippen LogP contribution in [0.3, 0.4) is 0 Å². The highest BCUT2D eigenvalue weighted by atomic mass is 16.6. The number of hydrogen-bond acceptors (Lipinski definition) is 4. The molecule has 1 atom stereocenters. The van der Waals surface area contributed by atoms with E-state index in [1.165, 1.54) is 0 Å². The summed E-state index contributed by atoms with van der Waals surface area (Å²) in [6, 6.07) is 3.20. The van der Waals surface area contributed by atoms with Crippen LogP contribution in [0, 0.1) is 13.8 Å². The largest absolute Gasteiger partial charge is 0.491 e. The van der Waals surface area contributed by atoms with E-state index in [1.54, 1.807) is 24.0 Å². The van der Waals surface area contributed by atoms with Gasteiger partial charge in [-0.25, -0.2) is 9.59 Å². The molecule has 1 N–H and O–H groups in total. The van der Waals surface area contributed by atoms with Crippen LogP contribution in [0.2, 0.25) is 0 Å². The van der Waals surface area contributed by atoms with Crippen LogP contribution in [-0.2, 0) is 4.74 Å². The highest BCUT2D eigenvalue weighted by molar-refractivity contribution is 5.90. The molecular weight excluding hydrogens is 322 g/mol. The maximum absolute atomic E-state index is 12.3. The molecule has 0 spiro atoms. The third-order valence-electron chi connectivity index (χ3n) is 4.40. The van der Waals surface area contributed by atoms with Gasteiger partial charge in [0, 0.05) is 6.54 Å². The molecular formula is C19H27NO5. The molecule has 1 unspecified atom stereocenters. The van der Waals surface area contributed by atoms with E-state index in [0.29, 0.717) is 24.5 Å². The van der Waals surface area contributed by atoms with Crippen molar-refractivity contribution in [2.45, 2.75) is 59.1 Å². The van der Waals surface area contributed by atoms with Gasteiger partial charge >= 0.3 is 12.1 Å². The predicted molar refractivity (Wildman–Crippen MR) is 94.3 cm³/mol. The molecule has 0 aromatic heterocycles. The number of aromatic carboxylic acids is 1. The van der Waals surface area contributed by atoms with Crippen molar-refractivity contribution in [2.75, 3.05) is 13.2 Å². The lowest BCUT2D eigenvalue weighted by Gasteiger charge is -2.28.